The molecular weight excluding hydrogens is 476 g/mol. The lowest BCUT2D eigenvalue weighted by Crippen LogP contribution is -2.48. The van der Waals surface area contributed by atoms with Crippen molar-refractivity contribution in [3.8, 4) is 16.9 Å². The van der Waals surface area contributed by atoms with Gasteiger partial charge < -0.3 is 14.9 Å². The highest BCUT2D eigenvalue weighted by Crippen LogP contribution is 2.42. The number of anilines is 1. The van der Waals surface area contributed by atoms with Crippen LogP contribution in [0.2, 0.25) is 5.02 Å². The van der Waals surface area contributed by atoms with E-state index < -0.39 is 17.4 Å². The zero-order valence-corrected chi connectivity index (χ0v) is 19.7. The minimum atomic E-state index is -0.835. The van der Waals surface area contributed by atoms with E-state index in [0.717, 1.165) is 25.7 Å². The maximum absolute atomic E-state index is 15.6. The third-order valence-electron chi connectivity index (χ3n) is 6.51. The number of nitrogens with zero attached hydrogens (tertiary/aromatic N) is 5. The molecule has 0 aliphatic carbocycles. The Balaban J connectivity index is 1.38. The Bertz CT molecular complexity index is 1290. The quantitative estimate of drug-likeness (QED) is 0.538. The van der Waals surface area contributed by atoms with Crippen molar-refractivity contribution in [2.24, 2.45) is 0 Å². The van der Waals surface area contributed by atoms with Crippen LogP contribution >= 0.6 is 11.6 Å². The summed E-state index contributed by atoms with van der Waals surface area (Å²) < 4.78 is 30.0. The highest BCUT2D eigenvalue weighted by atomic mass is 35.5. The van der Waals surface area contributed by atoms with E-state index in [1.165, 1.54) is 30.9 Å². The van der Waals surface area contributed by atoms with E-state index in [-0.39, 0.29) is 27.6 Å². The number of rotatable bonds is 5. The van der Waals surface area contributed by atoms with Crippen LogP contribution in [0.3, 0.4) is 0 Å². The van der Waals surface area contributed by atoms with Gasteiger partial charge in [0, 0.05) is 49.7 Å². The van der Waals surface area contributed by atoms with Gasteiger partial charge in [0.05, 0.1) is 10.6 Å². The van der Waals surface area contributed by atoms with Gasteiger partial charge in [-0.05, 0) is 37.7 Å². The average Bonchev–Trinajstić information content (AvgIpc) is 2.82. The largest absolute Gasteiger partial charge is 0.507 e. The molecule has 0 bridgehead atoms. The van der Waals surface area contributed by atoms with Gasteiger partial charge >= 0.3 is 0 Å². The number of hydrogen-bond acceptors (Lipinski definition) is 6. The number of aromatic hydroxyl groups is 1. The summed E-state index contributed by atoms with van der Waals surface area (Å²) in [6.07, 6.45) is 5.99. The Kier molecular flexibility index (Phi) is 6.53. The summed E-state index contributed by atoms with van der Waals surface area (Å²) in [5.74, 6) is -1.59. The number of carbonyl (C=O) groups excluding carboxylic acids is 1. The zero-order valence-electron chi connectivity index (χ0n) is 18.9. The number of benzene rings is 2. The Morgan fingerprint density at radius 2 is 1.86 bits per heavy atom. The summed E-state index contributed by atoms with van der Waals surface area (Å²) >= 11 is 6.39. The van der Waals surface area contributed by atoms with Crippen LogP contribution in [0.4, 0.5) is 14.6 Å². The Hall–Kier alpha value is -3.30. The first-order valence-electron chi connectivity index (χ1n) is 11.5. The van der Waals surface area contributed by atoms with Crippen molar-refractivity contribution in [3.05, 3.63) is 59.4 Å². The van der Waals surface area contributed by atoms with E-state index in [9.17, 15) is 14.3 Å². The molecule has 0 unspecified atom stereocenters. The molecule has 1 aromatic heterocycles. The minimum Gasteiger partial charge on any atom is -0.507 e. The van der Waals surface area contributed by atoms with Crippen LogP contribution in [0.25, 0.3) is 22.0 Å². The van der Waals surface area contributed by atoms with Crippen molar-refractivity contribution in [2.45, 2.75) is 6.42 Å². The number of phenols is 1. The second kappa shape index (κ2) is 9.75. The van der Waals surface area contributed by atoms with E-state index in [0.29, 0.717) is 37.4 Å². The van der Waals surface area contributed by atoms with Crippen LogP contribution in [0.5, 0.6) is 5.75 Å². The third kappa shape index (κ3) is 4.53. The summed E-state index contributed by atoms with van der Waals surface area (Å²) in [5, 5.41) is 10.5. The van der Waals surface area contributed by atoms with Gasteiger partial charge in [-0.15, -0.1) is 0 Å². The van der Waals surface area contributed by atoms with E-state index in [2.05, 4.69) is 14.9 Å². The van der Waals surface area contributed by atoms with E-state index in [4.69, 9.17) is 11.6 Å². The van der Waals surface area contributed by atoms with Crippen LogP contribution in [0.1, 0.15) is 6.42 Å². The topological polar surface area (TPSA) is 72.8 Å². The number of aromatic nitrogens is 2. The number of piperazine rings is 1. The lowest BCUT2D eigenvalue weighted by molar-refractivity contribution is -0.126. The first-order valence-corrected chi connectivity index (χ1v) is 11.8. The second-order valence-corrected chi connectivity index (χ2v) is 9.05. The van der Waals surface area contributed by atoms with Crippen LogP contribution in [-0.2, 0) is 4.79 Å². The lowest BCUT2D eigenvalue weighted by atomic mass is 10.0. The Morgan fingerprint density at radius 3 is 2.54 bits per heavy atom. The van der Waals surface area contributed by atoms with Gasteiger partial charge in [0.2, 0.25) is 5.91 Å². The van der Waals surface area contributed by atoms with E-state index >= 15 is 4.39 Å². The minimum absolute atomic E-state index is 0.0236. The molecule has 2 aliphatic rings. The molecule has 2 aliphatic heterocycles. The van der Waals surface area contributed by atoms with Crippen LogP contribution < -0.4 is 4.90 Å². The van der Waals surface area contributed by atoms with Gasteiger partial charge in [0.25, 0.3) is 0 Å². The van der Waals surface area contributed by atoms with Crippen molar-refractivity contribution >= 4 is 34.2 Å². The SMILES string of the molecule is O=C(C=CCN1CCC1)N1CCN(c2ncnc3c(F)c(-c4c(O)cccc4F)c(Cl)cc23)CC1. The summed E-state index contributed by atoms with van der Waals surface area (Å²) in [5.41, 5.74) is -0.587. The van der Waals surface area contributed by atoms with Gasteiger partial charge in [-0.3, -0.25) is 9.69 Å². The fourth-order valence-corrected chi connectivity index (χ4v) is 4.76. The van der Waals surface area contributed by atoms with Crippen molar-refractivity contribution < 1.29 is 18.7 Å². The molecule has 1 amide bonds. The fraction of sp³-hybridized carbons (Fsp3) is 0.320. The number of hydrogen-bond donors (Lipinski definition) is 1. The van der Waals surface area contributed by atoms with Gasteiger partial charge in [0.15, 0.2) is 5.82 Å². The number of amides is 1. The molecule has 2 aromatic carbocycles. The number of fused-ring (bicyclic) bond motifs is 1. The molecule has 0 radical (unpaired) electrons. The van der Waals surface area contributed by atoms with Gasteiger partial charge in [-0.25, -0.2) is 18.7 Å². The molecule has 3 heterocycles. The summed E-state index contributed by atoms with van der Waals surface area (Å²) in [7, 11) is 0. The molecule has 35 heavy (non-hydrogen) atoms. The summed E-state index contributed by atoms with van der Waals surface area (Å²) in [6, 6.07) is 5.21. The normalized spacial score (nSPS) is 16.8. The predicted molar refractivity (Wildman–Crippen MR) is 131 cm³/mol. The maximum Gasteiger partial charge on any atom is 0.246 e. The highest BCUT2D eigenvalue weighted by Gasteiger charge is 2.26. The molecule has 0 spiro atoms. The van der Waals surface area contributed by atoms with Crippen LogP contribution in [0.15, 0.2) is 42.7 Å². The monoisotopic (exact) mass is 499 g/mol. The number of halogens is 3. The maximum atomic E-state index is 15.6. The molecule has 2 saturated heterocycles. The molecule has 7 nitrogen and oxygen atoms in total. The molecule has 0 saturated carbocycles. The summed E-state index contributed by atoms with van der Waals surface area (Å²) in [6.45, 7) is 4.96. The van der Waals surface area contributed by atoms with Gasteiger partial charge in [-0.2, -0.15) is 0 Å². The first kappa shape index (κ1) is 23.4. The number of likely N-dealkylation sites (tertiary alicyclic amines) is 1. The van der Waals surface area contributed by atoms with Gasteiger partial charge in [0.1, 0.15) is 29.2 Å². The molecule has 3 aromatic rings. The van der Waals surface area contributed by atoms with Crippen molar-refractivity contribution in [2.75, 3.05) is 50.7 Å². The van der Waals surface area contributed by atoms with Crippen molar-refractivity contribution in [3.63, 3.8) is 0 Å². The molecule has 10 heteroatoms. The molecule has 5 rings (SSSR count). The standard InChI is InChI=1S/C25H24ClF2N5O2/c26-17-14-16-24(23(28)21(17)22-18(27)4-1-5-19(22)34)29-15-30-25(16)33-12-10-32(11-13-33)20(35)6-2-7-31-8-3-9-31/h1-2,4-6,14-15,34H,3,7-13H2. The van der Waals surface area contributed by atoms with Gasteiger partial charge in [-0.1, -0.05) is 23.7 Å². The molecule has 1 N–H and O–H groups in total. The smallest absolute Gasteiger partial charge is 0.246 e. The molecule has 182 valence electrons. The molecule has 2 fully saturated rings. The summed E-state index contributed by atoms with van der Waals surface area (Å²) in [4.78, 5) is 26.9. The lowest BCUT2D eigenvalue weighted by Gasteiger charge is -2.35. The highest BCUT2D eigenvalue weighted by molar-refractivity contribution is 6.34. The molecular formula is C25H24ClF2N5O2. The van der Waals surface area contributed by atoms with Crippen molar-refractivity contribution in [1.82, 2.24) is 19.8 Å². The number of carbonyl (C=O) groups is 1. The second-order valence-electron chi connectivity index (χ2n) is 8.64. The molecule has 0 atom stereocenters. The third-order valence-corrected chi connectivity index (χ3v) is 6.80. The average molecular weight is 500 g/mol. The zero-order chi connectivity index (χ0) is 24.5. The van der Waals surface area contributed by atoms with Crippen LogP contribution in [-0.4, -0.2) is 76.6 Å². The van der Waals surface area contributed by atoms with Crippen LogP contribution in [0, 0.1) is 11.6 Å². The fourth-order valence-electron chi connectivity index (χ4n) is 4.47. The van der Waals surface area contributed by atoms with Crippen molar-refractivity contribution in [1.29, 1.82) is 0 Å². The Labute approximate surface area is 206 Å². The number of phenolic OH excluding ortho intramolecular Hbond substituents is 1. The van der Waals surface area contributed by atoms with E-state index in [1.54, 1.807) is 11.0 Å². The Morgan fingerprint density at radius 1 is 1.09 bits per heavy atom. The predicted octanol–water partition coefficient (Wildman–Crippen LogP) is 3.84. The first-order chi connectivity index (χ1) is 16.9. The van der Waals surface area contributed by atoms with E-state index in [1.807, 2.05) is 11.0 Å².